The second-order valence-corrected chi connectivity index (χ2v) is 4.26. The number of aliphatic imine (C=N–C) groups is 1. The molecule has 15 heavy (non-hydrogen) atoms. The number of nitrogens with zero attached hydrogens (tertiary/aromatic N) is 1. The third-order valence-corrected chi connectivity index (χ3v) is 2.94. The van der Waals surface area contributed by atoms with Gasteiger partial charge in [0.25, 0.3) is 0 Å². The Morgan fingerprint density at radius 2 is 2.13 bits per heavy atom. The highest BCUT2D eigenvalue weighted by atomic mass is 15.3. The van der Waals surface area contributed by atoms with Crippen molar-refractivity contribution in [3.05, 3.63) is 0 Å². The molecule has 1 aliphatic rings. The van der Waals surface area contributed by atoms with Crippen molar-refractivity contribution in [2.45, 2.75) is 45.4 Å². The van der Waals surface area contributed by atoms with Crippen LogP contribution in [0.25, 0.3) is 0 Å². The monoisotopic (exact) mass is 212 g/mol. The van der Waals surface area contributed by atoms with Crippen molar-refractivity contribution in [1.82, 2.24) is 10.7 Å². The van der Waals surface area contributed by atoms with Gasteiger partial charge >= 0.3 is 0 Å². The molecule has 0 bridgehead atoms. The maximum atomic E-state index is 5.40. The van der Waals surface area contributed by atoms with Crippen molar-refractivity contribution in [3.8, 4) is 0 Å². The molecule has 0 atom stereocenters. The van der Waals surface area contributed by atoms with Crippen molar-refractivity contribution >= 4 is 5.96 Å². The van der Waals surface area contributed by atoms with Gasteiger partial charge in [-0.15, -0.1) is 0 Å². The Morgan fingerprint density at radius 3 is 2.73 bits per heavy atom. The fraction of sp³-hybridized carbons (Fsp3) is 0.909. The summed E-state index contributed by atoms with van der Waals surface area (Å²) in [6.07, 6.45) is 7.74. The van der Waals surface area contributed by atoms with Crippen LogP contribution >= 0.6 is 0 Å². The lowest BCUT2D eigenvalue weighted by Gasteiger charge is -2.10. The fourth-order valence-corrected chi connectivity index (χ4v) is 1.95. The first-order valence-electron chi connectivity index (χ1n) is 6.11. The molecular weight excluding hydrogens is 188 g/mol. The number of nitrogens with two attached hydrogens (primary N) is 1. The molecule has 1 saturated carbocycles. The van der Waals surface area contributed by atoms with Crippen molar-refractivity contribution in [2.24, 2.45) is 16.8 Å². The standard InChI is InChI=1S/C11H24N4/c1-2-3-8-13-11(15-12)14-9-10-6-4-5-7-10/h10H,2-9,12H2,1H3,(H2,13,14,15). The Morgan fingerprint density at radius 1 is 1.40 bits per heavy atom. The second-order valence-electron chi connectivity index (χ2n) is 4.26. The number of hydrazine groups is 1. The molecular formula is C11H24N4. The number of unbranched alkanes of at least 4 members (excludes halogenated alkanes) is 1. The third-order valence-electron chi connectivity index (χ3n) is 2.94. The largest absolute Gasteiger partial charge is 0.355 e. The Labute approximate surface area is 92.7 Å². The van der Waals surface area contributed by atoms with Gasteiger partial charge in [0.1, 0.15) is 0 Å². The lowest BCUT2D eigenvalue weighted by Crippen LogP contribution is -2.42. The van der Waals surface area contributed by atoms with Gasteiger partial charge in [0.2, 0.25) is 5.96 Å². The van der Waals surface area contributed by atoms with E-state index in [1.165, 1.54) is 32.1 Å². The zero-order valence-electron chi connectivity index (χ0n) is 9.76. The molecule has 0 saturated heterocycles. The third kappa shape index (κ3) is 5.02. The van der Waals surface area contributed by atoms with E-state index >= 15 is 0 Å². The molecule has 0 amide bonds. The lowest BCUT2D eigenvalue weighted by molar-refractivity contribution is 0.559. The van der Waals surface area contributed by atoms with E-state index < -0.39 is 0 Å². The number of nitrogens with one attached hydrogen (secondary N) is 2. The smallest absolute Gasteiger partial charge is 0.205 e. The zero-order valence-corrected chi connectivity index (χ0v) is 9.76. The van der Waals surface area contributed by atoms with Gasteiger partial charge in [0.15, 0.2) is 0 Å². The van der Waals surface area contributed by atoms with E-state index in [1.54, 1.807) is 0 Å². The highest BCUT2D eigenvalue weighted by molar-refractivity contribution is 5.79. The van der Waals surface area contributed by atoms with Gasteiger partial charge in [-0.1, -0.05) is 26.2 Å². The Hall–Kier alpha value is -0.770. The minimum Gasteiger partial charge on any atom is -0.355 e. The maximum Gasteiger partial charge on any atom is 0.205 e. The Kier molecular flexibility index (Phi) is 6.16. The predicted molar refractivity (Wildman–Crippen MR) is 64.5 cm³/mol. The minimum absolute atomic E-state index is 0.746. The molecule has 0 aromatic carbocycles. The van der Waals surface area contributed by atoms with E-state index in [0.29, 0.717) is 0 Å². The van der Waals surface area contributed by atoms with Gasteiger partial charge in [0.05, 0.1) is 0 Å². The summed E-state index contributed by atoms with van der Waals surface area (Å²) in [4.78, 5) is 4.47. The Balaban J connectivity index is 2.19. The van der Waals surface area contributed by atoms with Crippen LogP contribution in [0.5, 0.6) is 0 Å². The second kappa shape index (κ2) is 7.51. The topological polar surface area (TPSA) is 62.4 Å². The first-order valence-corrected chi connectivity index (χ1v) is 6.11. The molecule has 4 N–H and O–H groups in total. The maximum absolute atomic E-state index is 5.40. The van der Waals surface area contributed by atoms with Crippen LogP contribution < -0.4 is 16.6 Å². The molecule has 1 fully saturated rings. The number of hydrogen-bond acceptors (Lipinski definition) is 2. The van der Waals surface area contributed by atoms with Crippen molar-refractivity contribution in [2.75, 3.05) is 13.1 Å². The lowest BCUT2D eigenvalue weighted by atomic mass is 10.1. The molecule has 0 heterocycles. The molecule has 4 heteroatoms. The summed E-state index contributed by atoms with van der Waals surface area (Å²) >= 11 is 0. The summed E-state index contributed by atoms with van der Waals surface area (Å²) in [6, 6.07) is 0. The quantitative estimate of drug-likeness (QED) is 0.212. The van der Waals surface area contributed by atoms with Crippen LogP contribution in [-0.4, -0.2) is 19.0 Å². The highest BCUT2D eigenvalue weighted by Crippen LogP contribution is 2.24. The summed E-state index contributed by atoms with van der Waals surface area (Å²) in [5.74, 6) is 6.92. The van der Waals surface area contributed by atoms with Crippen LogP contribution in [0.3, 0.4) is 0 Å². The first-order chi connectivity index (χ1) is 7.36. The summed E-state index contributed by atoms with van der Waals surface area (Å²) in [5, 5.41) is 3.21. The molecule has 0 spiro atoms. The van der Waals surface area contributed by atoms with Gasteiger partial charge in [-0.3, -0.25) is 10.4 Å². The van der Waals surface area contributed by atoms with E-state index in [1.807, 2.05) is 0 Å². The van der Waals surface area contributed by atoms with Gasteiger partial charge in [0, 0.05) is 13.1 Å². The van der Waals surface area contributed by atoms with Crippen molar-refractivity contribution in [1.29, 1.82) is 0 Å². The van der Waals surface area contributed by atoms with E-state index in [2.05, 4.69) is 22.7 Å². The fourth-order valence-electron chi connectivity index (χ4n) is 1.95. The molecule has 0 aromatic heterocycles. The summed E-state index contributed by atoms with van der Waals surface area (Å²) in [7, 11) is 0. The first kappa shape index (κ1) is 12.3. The van der Waals surface area contributed by atoms with Crippen LogP contribution in [0.1, 0.15) is 45.4 Å². The summed E-state index contributed by atoms with van der Waals surface area (Å²) in [6.45, 7) is 4.04. The highest BCUT2D eigenvalue weighted by Gasteiger charge is 2.14. The molecule has 0 aliphatic heterocycles. The number of rotatable bonds is 5. The number of hydrogen-bond donors (Lipinski definition) is 3. The van der Waals surface area contributed by atoms with E-state index in [0.717, 1.165) is 31.4 Å². The molecule has 88 valence electrons. The van der Waals surface area contributed by atoms with Crippen molar-refractivity contribution < 1.29 is 0 Å². The molecule has 1 rings (SSSR count). The van der Waals surface area contributed by atoms with Crippen LogP contribution in [0, 0.1) is 5.92 Å². The van der Waals surface area contributed by atoms with Gasteiger partial charge in [-0.05, 0) is 25.2 Å². The van der Waals surface area contributed by atoms with Crippen LogP contribution in [0.15, 0.2) is 4.99 Å². The Bertz CT molecular complexity index is 185. The normalized spacial score (nSPS) is 18.1. The minimum atomic E-state index is 0.746. The van der Waals surface area contributed by atoms with Gasteiger partial charge in [-0.25, -0.2) is 5.84 Å². The summed E-state index contributed by atoms with van der Waals surface area (Å²) < 4.78 is 0. The average molecular weight is 212 g/mol. The van der Waals surface area contributed by atoms with Crippen LogP contribution in [0.4, 0.5) is 0 Å². The average Bonchev–Trinajstić information content (AvgIpc) is 2.76. The predicted octanol–water partition coefficient (Wildman–Crippen LogP) is 1.39. The molecule has 0 radical (unpaired) electrons. The SMILES string of the molecule is CCCCNC(=NCC1CCCC1)NN. The van der Waals surface area contributed by atoms with E-state index in [4.69, 9.17) is 5.84 Å². The molecule has 1 aliphatic carbocycles. The van der Waals surface area contributed by atoms with Crippen LogP contribution in [-0.2, 0) is 0 Å². The molecule has 4 nitrogen and oxygen atoms in total. The van der Waals surface area contributed by atoms with Gasteiger partial charge in [-0.2, -0.15) is 0 Å². The molecule has 0 aromatic rings. The van der Waals surface area contributed by atoms with Crippen molar-refractivity contribution in [3.63, 3.8) is 0 Å². The van der Waals surface area contributed by atoms with E-state index in [-0.39, 0.29) is 0 Å². The molecule has 0 unspecified atom stereocenters. The van der Waals surface area contributed by atoms with Gasteiger partial charge < -0.3 is 5.32 Å². The van der Waals surface area contributed by atoms with Crippen LogP contribution in [0.2, 0.25) is 0 Å². The van der Waals surface area contributed by atoms with E-state index in [9.17, 15) is 0 Å². The zero-order chi connectivity index (χ0) is 10.9. The number of guanidine groups is 1. The summed E-state index contributed by atoms with van der Waals surface area (Å²) in [5.41, 5.74) is 2.62.